The Kier molecular flexibility index (Phi) is 5.55. The van der Waals surface area contributed by atoms with Gasteiger partial charge in [0.1, 0.15) is 5.37 Å². The molecule has 0 spiro atoms. The van der Waals surface area contributed by atoms with E-state index in [0.29, 0.717) is 30.0 Å². The predicted octanol–water partition coefficient (Wildman–Crippen LogP) is 4.24. The standard InChI is InChI=1S/C19H18F3NO3S/c1-26-16-10-12(2-7-15(16)24)8-9-23-17(25)11-27-18(23)13-3-5-14(6-4-13)19(20,21)22/h2-7,10,18,24H,8-9,11H2,1H3. The van der Waals surface area contributed by atoms with Crippen LogP contribution in [-0.4, -0.2) is 35.3 Å². The van der Waals surface area contributed by atoms with Crippen LogP contribution in [0.4, 0.5) is 13.2 Å². The number of carbonyl (C=O) groups excluding carboxylic acids is 1. The lowest BCUT2D eigenvalue weighted by Gasteiger charge is -2.24. The van der Waals surface area contributed by atoms with Crippen LogP contribution < -0.4 is 4.74 Å². The number of alkyl halides is 3. The Morgan fingerprint density at radius 1 is 1.22 bits per heavy atom. The second-order valence-corrected chi connectivity index (χ2v) is 7.19. The van der Waals surface area contributed by atoms with Gasteiger partial charge in [0.25, 0.3) is 0 Å². The van der Waals surface area contributed by atoms with E-state index in [0.717, 1.165) is 17.7 Å². The van der Waals surface area contributed by atoms with Crippen molar-refractivity contribution in [1.29, 1.82) is 0 Å². The van der Waals surface area contributed by atoms with Crippen molar-refractivity contribution in [2.45, 2.75) is 18.0 Å². The summed E-state index contributed by atoms with van der Waals surface area (Å²) in [6, 6.07) is 9.92. The summed E-state index contributed by atoms with van der Waals surface area (Å²) in [5, 5.41) is 9.35. The minimum absolute atomic E-state index is 0.0386. The number of methoxy groups -OCH3 is 1. The molecule has 1 N–H and O–H groups in total. The zero-order valence-electron chi connectivity index (χ0n) is 14.5. The molecular weight excluding hydrogens is 379 g/mol. The maximum atomic E-state index is 12.7. The normalized spacial score (nSPS) is 17.4. The number of phenols is 1. The molecule has 1 heterocycles. The number of thioether (sulfide) groups is 1. The van der Waals surface area contributed by atoms with E-state index in [-0.39, 0.29) is 17.0 Å². The number of hydrogen-bond donors (Lipinski definition) is 1. The summed E-state index contributed by atoms with van der Waals surface area (Å²) < 4.78 is 43.3. The highest BCUT2D eigenvalue weighted by atomic mass is 32.2. The van der Waals surface area contributed by atoms with Gasteiger partial charge in [-0.05, 0) is 41.8 Å². The van der Waals surface area contributed by atoms with Gasteiger partial charge in [-0.15, -0.1) is 11.8 Å². The fourth-order valence-electron chi connectivity index (χ4n) is 2.94. The Morgan fingerprint density at radius 3 is 2.56 bits per heavy atom. The Bertz CT molecular complexity index is 824. The van der Waals surface area contributed by atoms with E-state index in [1.54, 1.807) is 17.0 Å². The van der Waals surface area contributed by atoms with E-state index >= 15 is 0 Å². The van der Waals surface area contributed by atoms with E-state index in [2.05, 4.69) is 0 Å². The van der Waals surface area contributed by atoms with Gasteiger partial charge >= 0.3 is 6.18 Å². The van der Waals surface area contributed by atoms with Crippen molar-refractivity contribution < 1.29 is 27.8 Å². The van der Waals surface area contributed by atoms with Crippen LogP contribution in [0.1, 0.15) is 22.1 Å². The summed E-state index contributed by atoms with van der Waals surface area (Å²) >= 11 is 1.40. The molecule has 0 radical (unpaired) electrons. The predicted molar refractivity (Wildman–Crippen MR) is 96.7 cm³/mol. The third-order valence-electron chi connectivity index (χ3n) is 4.38. The van der Waals surface area contributed by atoms with Crippen molar-refractivity contribution in [3.8, 4) is 11.5 Å². The number of nitrogens with zero attached hydrogens (tertiary/aromatic N) is 1. The lowest BCUT2D eigenvalue weighted by Crippen LogP contribution is -2.30. The quantitative estimate of drug-likeness (QED) is 0.820. The number of aromatic hydroxyl groups is 1. The number of ether oxygens (including phenoxy) is 1. The summed E-state index contributed by atoms with van der Waals surface area (Å²) in [6.07, 6.45) is -3.84. The summed E-state index contributed by atoms with van der Waals surface area (Å²) in [5.41, 5.74) is 0.853. The van der Waals surface area contributed by atoms with Crippen molar-refractivity contribution in [1.82, 2.24) is 4.90 Å². The van der Waals surface area contributed by atoms with Crippen molar-refractivity contribution in [2.75, 3.05) is 19.4 Å². The summed E-state index contributed by atoms with van der Waals surface area (Å²) in [7, 11) is 1.46. The van der Waals surface area contributed by atoms with Gasteiger partial charge < -0.3 is 14.7 Å². The van der Waals surface area contributed by atoms with Crippen LogP contribution in [0.5, 0.6) is 11.5 Å². The van der Waals surface area contributed by atoms with Crippen molar-refractivity contribution >= 4 is 17.7 Å². The Hall–Kier alpha value is -2.35. The molecule has 1 unspecified atom stereocenters. The highest BCUT2D eigenvalue weighted by molar-refractivity contribution is 8.00. The maximum absolute atomic E-state index is 12.7. The van der Waals surface area contributed by atoms with E-state index in [9.17, 15) is 23.1 Å². The van der Waals surface area contributed by atoms with Crippen molar-refractivity contribution in [3.05, 3.63) is 59.2 Å². The second kappa shape index (κ2) is 7.72. The first kappa shape index (κ1) is 19.4. The summed E-state index contributed by atoms with van der Waals surface area (Å²) in [5.74, 6) is 0.645. The summed E-state index contributed by atoms with van der Waals surface area (Å²) in [6.45, 7) is 0.422. The number of rotatable bonds is 5. The molecule has 3 rings (SSSR count). The molecule has 0 bridgehead atoms. The zero-order chi connectivity index (χ0) is 19.6. The molecule has 0 aromatic heterocycles. The molecule has 27 heavy (non-hydrogen) atoms. The Labute approximate surface area is 158 Å². The molecule has 2 aromatic carbocycles. The fraction of sp³-hybridized carbons (Fsp3) is 0.316. The molecule has 144 valence electrons. The first-order chi connectivity index (χ1) is 12.8. The number of amides is 1. The molecule has 8 heteroatoms. The number of phenolic OH excluding ortho intramolecular Hbond substituents is 1. The third kappa shape index (κ3) is 4.32. The van der Waals surface area contributed by atoms with Gasteiger partial charge in [0.15, 0.2) is 11.5 Å². The largest absolute Gasteiger partial charge is 0.504 e. The van der Waals surface area contributed by atoms with E-state index < -0.39 is 11.7 Å². The molecular formula is C19H18F3NO3S. The average molecular weight is 397 g/mol. The first-order valence-corrected chi connectivity index (χ1v) is 9.28. The molecule has 0 aliphatic carbocycles. The number of benzene rings is 2. The van der Waals surface area contributed by atoms with Crippen molar-refractivity contribution in [2.24, 2.45) is 0 Å². The van der Waals surface area contributed by atoms with Gasteiger partial charge in [-0.2, -0.15) is 13.2 Å². The number of carbonyl (C=O) groups is 1. The maximum Gasteiger partial charge on any atom is 0.416 e. The molecule has 1 amide bonds. The molecule has 1 fully saturated rings. The Morgan fingerprint density at radius 2 is 1.93 bits per heavy atom. The Balaban J connectivity index is 1.73. The topological polar surface area (TPSA) is 49.8 Å². The minimum atomic E-state index is -4.38. The molecule has 2 aromatic rings. The van der Waals surface area contributed by atoms with Crippen LogP contribution in [0.2, 0.25) is 0 Å². The molecule has 4 nitrogen and oxygen atoms in total. The molecule has 1 aliphatic heterocycles. The summed E-state index contributed by atoms with van der Waals surface area (Å²) in [4.78, 5) is 13.9. The van der Waals surface area contributed by atoms with Crippen LogP contribution in [0, 0.1) is 0 Å². The minimum Gasteiger partial charge on any atom is -0.504 e. The molecule has 1 atom stereocenters. The van der Waals surface area contributed by atoms with E-state index in [4.69, 9.17) is 4.74 Å². The van der Waals surface area contributed by atoms with Crippen LogP contribution in [0.3, 0.4) is 0 Å². The second-order valence-electron chi connectivity index (χ2n) is 6.13. The fourth-order valence-corrected chi connectivity index (χ4v) is 4.15. The molecule has 0 saturated carbocycles. The average Bonchev–Trinajstić information content (AvgIpc) is 3.01. The number of hydrogen-bond acceptors (Lipinski definition) is 4. The van der Waals surface area contributed by atoms with Gasteiger partial charge in [-0.25, -0.2) is 0 Å². The van der Waals surface area contributed by atoms with Crippen LogP contribution in [0.25, 0.3) is 0 Å². The SMILES string of the molecule is COc1cc(CCN2C(=O)CSC2c2ccc(C(F)(F)F)cc2)ccc1O. The lowest BCUT2D eigenvalue weighted by atomic mass is 10.1. The van der Waals surface area contributed by atoms with Crippen LogP contribution >= 0.6 is 11.8 Å². The van der Waals surface area contributed by atoms with Gasteiger partial charge in [0.2, 0.25) is 5.91 Å². The van der Waals surface area contributed by atoms with Gasteiger partial charge in [-0.3, -0.25) is 4.79 Å². The monoisotopic (exact) mass is 397 g/mol. The van der Waals surface area contributed by atoms with Crippen LogP contribution in [-0.2, 0) is 17.4 Å². The van der Waals surface area contributed by atoms with Crippen molar-refractivity contribution in [3.63, 3.8) is 0 Å². The zero-order valence-corrected chi connectivity index (χ0v) is 15.3. The lowest BCUT2D eigenvalue weighted by molar-refractivity contribution is -0.137. The smallest absolute Gasteiger partial charge is 0.416 e. The van der Waals surface area contributed by atoms with E-state index in [1.165, 1.54) is 37.1 Å². The molecule has 1 aliphatic rings. The van der Waals surface area contributed by atoms with Crippen LogP contribution in [0.15, 0.2) is 42.5 Å². The first-order valence-electron chi connectivity index (χ1n) is 8.23. The van der Waals surface area contributed by atoms with Gasteiger partial charge in [0.05, 0.1) is 18.4 Å². The highest BCUT2D eigenvalue weighted by Crippen LogP contribution is 2.40. The highest BCUT2D eigenvalue weighted by Gasteiger charge is 2.34. The van der Waals surface area contributed by atoms with E-state index in [1.807, 2.05) is 0 Å². The van der Waals surface area contributed by atoms with Gasteiger partial charge in [-0.1, -0.05) is 18.2 Å². The van der Waals surface area contributed by atoms with Gasteiger partial charge in [0, 0.05) is 6.54 Å². The number of halogens is 3. The molecule has 1 saturated heterocycles. The third-order valence-corrected chi connectivity index (χ3v) is 5.63.